The average Bonchev–Trinajstić information content (AvgIpc) is 2.53. The summed E-state index contributed by atoms with van der Waals surface area (Å²) in [6.45, 7) is 2.02. The molecular weight excluding hydrogens is 202 g/mol. The Morgan fingerprint density at radius 1 is 1.38 bits per heavy atom. The number of rotatable bonds is 1. The monoisotopic (exact) mass is 209 g/mol. The zero-order chi connectivity index (χ0) is 9.26. The number of hydrogen-bond acceptors (Lipinski definition) is 2. The van der Waals surface area contributed by atoms with E-state index in [1.807, 2.05) is 30.5 Å². The number of aryl methyl sites for hydroxylation is 1. The summed E-state index contributed by atoms with van der Waals surface area (Å²) >= 11 is 7.52. The van der Waals surface area contributed by atoms with Crippen molar-refractivity contribution in [1.82, 2.24) is 4.98 Å². The zero-order valence-corrected chi connectivity index (χ0v) is 8.69. The van der Waals surface area contributed by atoms with Crippen molar-refractivity contribution in [2.24, 2.45) is 0 Å². The van der Waals surface area contributed by atoms with Crippen LogP contribution in [0.25, 0.3) is 11.3 Å². The molecule has 0 saturated heterocycles. The van der Waals surface area contributed by atoms with Gasteiger partial charge in [-0.15, -0.1) is 0 Å². The van der Waals surface area contributed by atoms with Gasteiger partial charge < -0.3 is 0 Å². The third-order valence-corrected chi connectivity index (χ3v) is 2.63. The lowest BCUT2D eigenvalue weighted by Crippen LogP contribution is -1.83. The molecule has 0 unspecified atom stereocenters. The second-order valence-electron chi connectivity index (χ2n) is 2.86. The number of pyridine rings is 1. The quantitative estimate of drug-likeness (QED) is 0.652. The molecule has 0 aliphatic rings. The van der Waals surface area contributed by atoms with Crippen molar-refractivity contribution in [2.45, 2.75) is 6.92 Å². The lowest BCUT2D eigenvalue weighted by Gasteiger charge is -1.99. The van der Waals surface area contributed by atoms with Crippen molar-refractivity contribution < 1.29 is 0 Å². The smallest absolute Gasteiger partial charge is 0.130 e. The van der Waals surface area contributed by atoms with Crippen LogP contribution in [0.3, 0.4) is 0 Å². The van der Waals surface area contributed by atoms with E-state index in [1.54, 1.807) is 11.3 Å². The van der Waals surface area contributed by atoms with Crippen LogP contribution >= 0.6 is 22.9 Å². The van der Waals surface area contributed by atoms with Crippen molar-refractivity contribution in [2.75, 3.05) is 0 Å². The molecule has 3 heteroatoms. The van der Waals surface area contributed by atoms with Crippen LogP contribution in [0.4, 0.5) is 0 Å². The first-order valence-corrected chi connectivity index (χ1v) is 5.24. The summed E-state index contributed by atoms with van der Waals surface area (Å²) in [6, 6.07) is 5.94. The van der Waals surface area contributed by atoms with Crippen molar-refractivity contribution in [3.8, 4) is 11.3 Å². The first-order valence-electron chi connectivity index (χ1n) is 3.92. The molecule has 0 fully saturated rings. The molecule has 2 aromatic rings. The highest BCUT2D eigenvalue weighted by Crippen LogP contribution is 2.22. The standard InChI is InChI=1S/C10H8ClNS/c1-7-4-9(12-10(11)5-7)8-2-3-13-6-8/h2-6H,1H3. The average molecular weight is 210 g/mol. The van der Waals surface area contributed by atoms with Crippen molar-refractivity contribution in [3.05, 3.63) is 39.7 Å². The molecule has 0 amide bonds. The summed E-state index contributed by atoms with van der Waals surface area (Å²) < 4.78 is 0. The second kappa shape index (κ2) is 3.48. The Balaban J connectivity index is 2.53. The van der Waals surface area contributed by atoms with E-state index in [0.29, 0.717) is 5.15 Å². The molecule has 13 heavy (non-hydrogen) atoms. The lowest BCUT2D eigenvalue weighted by atomic mass is 10.2. The molecule has 2 rings (SSSR count). The molecule has 0 saturated carbocycles. The van der Waals surface area contributed by atoms with Crippen molar-refractivity contribution >= 4 is 22.9 Å². The van der Waals surface area contributed by atoms with Gasteiger partial charge in [-0.05, 0) is 36.1 Å². The van der Waals surface area contributed by atoms with E-state index in [1.165, 1.54) is 0 Å². The van der Waals surface area contributed by atoms with Crippen molar-refractivity contribution in [3.63, 3.8) is 0 Å². The minimum absolute atomic E-state index is 0.557. The van der Waals surface area contributed by atoms with Crippen molar-refractivity contribution in [1.29, 1.82) is 0 Å². The molecular formula is C10H8ClNS. The third-order valence-electron chi connectivity index (χ3n) is 1.76. The predicted octanol–water partition coefficient (Wildman–Crippen LogP) is 3.77. The highest BCUT2D eigenvalue weighted by atomic mass is 35.5. The highest BCUT2D eigenvalue weighted by Gasteiger charge is 2.01. The first kappa shape index (κ1) is 8.73. The normalized spacial score (nSPS) is 10.3. The van der Waals surface area contributed by atoms with Gasteiger partial charge in [-0.2, -0.15) is 11.3 Å². The maximum atomic E-state index is 5.86. The summed E-state index contributed by atoms with van der Waals surface area (Å²) in [5.41, 5.74) is 3.23. The van der Waals surface area contributed by atoms with E-state index >= 15 is 0 Å². The molecule has 1 nitrogen and oxygen atoms in total. The van der Waals surface area contributed by atoms with Crippen LogP contribution in [-0.4, -0.2) is 4.98 Å². The van der Waals surface area contributed by atoms with Gasteiger partial charge >= 0.3 is 0 Å². The number of halogens is 1. The van der Waals surface area contributed by atoms with E-state index < -0.39 is 0 Å². The predicted molar refractivity (Wildman–Crippen MR) is 57.3 cm³/mol. The molecule has 0 atom stereocenters. The van der Waals surface area contributed by atoms with E-state index in [9.17, 15) is 0 Å². The number of thiophene rings is 1. The van der Waals surface area contributed by atoms with Gasteiger partial charge in [0.15, 0.2) is 0 Å². The summed E-state index contributed by atoms with van der Waals surface area (Å²) in [4.78, 5) is 4.25. The topological polar surface area (TPSA) is 12.9 Å². The number of hydrogen-bond donors (Lipinski definition) is 0. The molecule has 0 radical (unpaired) electrons. The van der Waals surface area contributed by atoms with Crippen LogP contribution in [0.2, 0.25) is 5.15 Å². The lowest BCUT2D eigenvalue weighted by molar-refractivity contribution is 1.29. The van der Waals surface area contributed by atoms with Crippen LogP contribution in [0.1, 0.15) is 5.56 Å². The van der Waals surface area contributed by atoms with Gasteiger partial charge in [0, 0.05) is 10.9 Å². The summed E-state index contributed by atoms with van der Waals surface area (Å²) in [5.74, 6) is 0. The van der Waals surface area contributed by atoms with Gasteiger partial charge in [-0.25, -0.2) is 4.98 Å². The maximum absolute atomic E-state index is 5.86. The Morgan fingerprint density at radius 2 is 2.23 bits per heavy atom. The second-order valence-corrected chi connectivity index (χ2v) is 4.03. The van der Waals surface area contributed by atoms with E-state index in [2.05, 4.69) is 10.4 Å². The molecule has 0 spiro atoms. The largest absolute Gasteiger partial charge is 0.236 e. The molecule has 0 aliphatic carbocycles. The Hall–Kier alpha value is -0.860. The minimum atomic E-state index is 0.557. The van der Waals surface area contributed by atoms with Crippen LogP contribution in [0.15, 0.2) is 29.0 Å². The van der Waals surface area contributed by atoms with Gasteiger partial charge in [0.05, 0.1) is 5.69 Å². The molecule has 2 heterocycles. The fourth-order valence-electron chi connectivity index (χ4n) is 1.18. The van der Waals surface area contributed by atoms with Crippen LogP contribution in [-0.2, 0) is 0 Å². The van der Waals surface area contributed by atoms with Gasteiger partial charge in [0.1, 0.15) is 5.15 Å². The highest BCUT2D eigenvalue weighted by molar-refractivity contribution is 7.08. The van der Waals surface area contributed by atoms with Crippen LogP contribution in [0, 0.1) is 6.92 Å². The fraction of sp³-hybridized carbons (Fsp3) is 0.100. The molecule has 0 N–H and O–H groups in total. The van der Waals surface area contributed by atoms with Gasteiger partial charge in [-0.1, -0.05) is 11.6 Å². The summed E-state index contributed by atoms with van der Waals surface area (Å²) in [6.07, 6.45) is 0. The Bertz CT molecular complexity index is 389. The molecule has 2 aromatic heterocycles. The molecule has 66 valence electrons. The molecule has 0 bridgehead atoms. The van der Waals surface area contributed by atoms with E-state index in [4.69, 9.17) is 11.6 Å². The maximum Gasteiger partial charge on any atom is 0.130 e. The minimum Gasteiger partial charge on any atom is -0.236 e. The number of nitrogens with zero attached hydrogens (tertiary/aromatic N) is 1. The Morgan fingerprint density at radius 3 is 2.85 bits per heavy atom. The van der Waals surface area contributed by atoms with Crippen LogP contribution in [0.5, 0.6) is 0 Å². The number of aromatic nitrogens is 1. The molecule has 0 aliphatic heterocycles. The van der Waals surface area contributed by atoms with Crippen LogP contribution < -0.4 is 0 Å². The Labute approximate surface area is 86.0 Å². The third kappa shape index (κ3) is 1.90. The van der Waals surface area contributed by atoms with Gasteiger partial charge in [0.25, 0.3) is 0 Å². The van der Waals surface area contributed by atoms with Gasteiger partial charge in [-0.3, -0.25) is 0 Å². The van der Waals surface area contributed by atoms with E-state index in [0.717, 1.165) is 16.8 Å². The SMILES string of the molecule is Cc1cc(Cl)nc(-c2ccsc2)c1. The Kier molecular flexibility index (Phi) is 2.34. The fourth-order valence-corrected chi connectivity index (χ4v) is 2.10. The summed E-state index contributed by atoms with van der Waals surface area (Å²) in [5, 5.41) is 4.66. The first-order chi connectivity index (χ1) is 6.25. The summed E-state index contributed by atoms with van der Waals surface area (Å²) in [7, 11) is 0. The van der Waals surface area contributed by atoms with Gasteiger partial charge in [0.2, 0.25) is 0 Å². The van der Waals surface area contributed by atoms with E-state index in [-0.39, 0.29) is 0 Å². The zero-order valence-electron chi connectivity index (χ0n) is 7.12. The molecule has 0 aromatic carbocycles.